The molecule has 0 spiro atoms. The van der Waals surface area contributed by atoms with E-state index in [1.54, 1.807) is 6.20 Å². The zero-order valence-corrected chi connectivity index (χ0v) is 10.9. The first kappa shape index (κ1) is 13.0. The summed E-state index contributed by atoms with van der Waals surface area (Å²) in [6.07, 6.45) is 10.1. The Morgan fingerprint density at radius 2 is 2.22 bits per heavy atom. The third-order valence-corrected chi connectivity index (χ3v) is 3.71. The molecule has 18 heavy (non-hydrogen) atoms. The topological polar surface area (TPSA) is 48.7 Å². The molecule has 2 rings (SSSR count). The highest BCUT2D eigenvalue weighted by Gasteiger charge is 2.13. The van der Waals surface area contributed by atoms with Crippen molar-refractivity contribution in [3.8, 4) is 6.07 Å². The SMILES string of the molecule is N#Cc1cc(CNCCCC2CCCC2)ccn1. The lowest BCUT2D eigenvalue weighted by Gasteiger charge is -2.09. The van der Waals surface area contributed by atoms with Gasteiger partial charge in [0.1, 0.15) is 11.8 Å². The highest BCUT2D eigenvalue weighted by atomic mass is 14.8. The summed E-state index contributed by atoms with van der Waals surface area (Å²) in [7, 11) is 0. The van der Waals surface area contributed by atoms with E-state index < -0.39 is 0 Å². The van der Waals surface area contributed by atoms with Crippen LogP contribution in [0.3, 0.4) is 0 Å². The lowest BCUT2D eigenvalue weighted by atomic mass is 10.0. The molecule has 0 atom stereocenters. The van der Waals surface area contributed by atoms with Crippen molar-refractivity contribution in [2.45, 2.75) is 45.1 Å². The summed E-state index contributed by atoms with van der Waals surface area (Å²) < 4.78 is 0. The third kappa shape index (κ3) is 4.12. The second-order valence-electron chi connectivity index (χ2n) is 5.13. The van der Waals surface area contributed by atoms with Crippen molar-refractivity contribution < 1.29 is 0 Å². The first-order valence-electron chi connectivity index (χ1n) is 6.94. The number of hydrogen-bond acceptors (Lipinski definition) is 3. The van der Waals surface area contributed by atoms with Gasteiger partial charge in [-0.2, -0.15) is 5.26 Å². The number of pyridine rings is 1. The molecule has 1 aromatic heterocycles. The second-order valence-corrected chi connectivity index (χ2v) is 5.13. The Morgan fingerprint density at radius 1 is 1.39 bits per heavy atom. The van der Waals surface area contributed by atoms with Gasteiger partial charge in [0.25, 0.3) is 0 Å². The molecule has 0 amide bonds. The Kier molecular flexibility index (Phi) is 5.16. The van der Waals surface area contributed by atoms with Gasteiger partial charge in [-0.1, -0.05) is 25.7 Å². The minimum atomic E-state index is 0.500. The summed E-state index contributed by atoms with van der Waals surface area (Å²) in [4.78, 5) is 3.97. The van der Waals surface area contributed by atoms with E-state index in [0.29, 0.717) is 5.69 Å². The minimum absolute atomic E-state index is 0.500. The van der Waals surface area contributed by atoms with Crippen LogP contribution in [0.2, 0.25) is 0 Å². The smallest absolute Gasteiger partial charge is 0.140 e. The van der Waals surface area contributed by atoms with E-state index in [1.165, 1.54) is 38.5 Å². The van der Waals surface area contributed by atoms with Gasteiger partial charge in [-0.15, -0.1) is 0 Å². The van der Waals surface area contributed by atoms with Crippen LogP contribution < -0.4 is 5.32 Å². The zero-order chi connectivity index (χ0) is 12.6. The number of nitrogens with zero attached hydrogens (tertiary/aromatic N) is 2. The molecule has 0 unspecified atom stereocenters. The average Bonchev–Trinajstić information content (AvgIpc) is 2.92. The molecule has 1 aliphatic rings. The molecule has 3 nitrogen and oxygen atoms in total. The van der Waals surface area contributed by atoms with Crippen LogP contribution >= 0.6 is 0 Å². The fourth-order valence-corrected chi connectivity index (χ4v) is 2.69. The van der Waals surface area contributed by atoms with Gasteiger partial charge in [0.2, 0.25) is 0 Å². The van der Waals surface area contributed by atoms with E-state index in [0.717, 1.165) is 24.6 Å². The first-order chi connectivity index (χ1) is 8.88. The molecule has 0 bridgehead atoms. The summed E-state index contributed by atoms with van der Waals surface area (Å²) in [6, 6.07) is 5.88. The summed E-state index contributed by atoms with van der Waals surface area (Å²) >= 11 is 0. The van der Waals surface area contributed by atoms with Crippen LogP contribution in [0.5, 0.6) is 0 Å². The number of rotatable bonds is 6. The largest absolute Gasteiger partial charge is 0.313 e. The molecule has 0 aliphatic heterocycles. The van der Waals surface area contributed by atoms with Crippen LogP contribution in [-0.4, -0.2) is 11.5 Å². The van der Waals surface area contributed by atoms with Crippen LogP contribution in [0, 0.1) is 17.2 Å². The van der Waals surface area contributed by atoms with Crippen molar-refractivity contribution in [2.75, 3.05) is 6.54 Å². The Hall–Kier alpha value is -1.40. The second kappa shape index (κ2) is 7.13. The fraction of sp³-hybridized carbons (Fsp3) is 0.600. The monoisotopic (exact) mass is 243 g/mol. The summed E-state index contributed by atoms with van der Waals surface area (Å²) in [5, 5.41) is 12.2. The molecule has 3 heteroatoms. The molecule has 0 aromatic carbocycles. The third-order valence-electron chi connectivity index (χ3n) is 3.71. The van der Waals surface area contributed by atoms with Gasteiger partial charge in [-0.05, 0) is 43.0 Å². The van der Waals surface area contributed by atoms with Gasteiger partial charge in [0.05, 0.1) is 0 Å². The molecule has 1 aromatic rings. The first-order valence-corrected chi connectivity index (χ1v) is 6.94. The van der Waals surface area contributed by atoms with Crippen LogP contribution in [0.4, 0.5) is 0 Å². The predicted octanol–water partition coefficient (Wildman–Crippen LogP) is 3.01. The molecular formula is C15H21N3. The van der Waals surface area contributed by atoms with Gasteiger partial charge < -0.3 is 5.32 Å². The highest BCUT2D eigenvalue weighted by Crippen LogP contribution is 2.28. The number of hydrogen-bond donors (Lipinski definition) is 1. The van der Waals surface area contributed by atoms with Crippen molar-refractivity contribution in [2.24, 2.45) is 5.92 Å². The van der Waals surface area contributed by atoms with Crippen LogP contribution in [-0.2, 0) is 6.54 Å². The molecule has 1 heterocycles. The maximum atomic E-state index is 8.76. The fourth-order valence-electron chi connectivity index (χ4n) is 2.69. The van der Waals surface area contributed by atoms with Crippen LogP contribution in [0.25, 0.3) is 0 Å². The van der Waals surface area contributed by atoms with Gasteiger partial charge in [0.15, 0.2) is 0 Å². The Morgan fingerprint density at radius 3 is 3.00 bits per heavy atom. The van der Waals surface area contributed by atoms with Gasteiger partial charge >= 0.3 is 0 Å². The predicted molar refractivity (Wildman–Crippen MR) is 71.9 cm³/mol. The molecule has 0 radical (unpaired) electrons. The van der Waals surface area contributed by atoms with E-state index in [-0.39, 0.29) is 0 Å². The molecule has 1 N–H and O–H groups in total. The minimum Gasteiger partial charge on any atom is -0.313 e. The maximum Gasteiger partial charge on any atom is 0.140 e. The Balaban J connectivity index is 1.61. The standard InChI is InChI=1S/C15H21N3/c16-11-15-10-14(7-9-18-15)12-17-8-3-6-13-4-1-2-5-13/h7,9-10,13,17H,1-6,8,12H2. The molecule has 0 saturated heterocycles. The molecule has 96 valence electrons. The number of nitriles is 1. The van der Waals surface area contributed by atoms with Crippen molar-refractivity contribution >= 4 is 0 Å². The van der Waals surface area contributed by atoms with E-state index >= 15 is 0 Å². The van der Waals surface area contributed by atoms with Crippen LogP contribution in [0.15, 0.2) is 18.3 Å². The van der Waals surface area contributed by atoms with E-state index in [4.69, 9.17) is 5.26 Å². The maximum absolute atomic E-state index is 8.76. The summed E-state index contributed by atoms with van der Waals surface area (Å²) in [5.41, 5.74) is 1.64. The van der Waals surface area contributed by atoms with Gasteiger partial charge in [-0.25, -0.2) is 4.98 Å². The molecular weight excluding hydrogens is 222 g/mol. The lowest BCUT2D eigenvalue weighted by molar-refractivity contribution is 0.470. The van der Waals surface area contributed by atoms with E-state index in [9.17, 15) is 0 Å². The molecule has 1 fully saturated rings. The van der Waals surface area contributed by atoms with Crippen LogP contribution in [0.1, 0.15) is 49.8 Å². The quantitative estimate of drug-likeness (QED) is 0.781. The van der Waals surface area contributed by atoms with E-state index in [1.807, 2.05) is 12.1 Å². The molecule has 1 aliphatic carbocycles. The van der Waals surface area contributed by atoms with Crippen molar-refractivity contribution in [3.63, 3.8) is 0 Å². The van der Waals surface area contributed by atoms with Crippen molar-refractivity contribution in [1.29, 1.82) is 5.26 Å². The highest BCUT2D eigenvalue weighted by molar-refractivity contribution is 5.25. The van der Waals surface area contributed by atoms with Crippen molar-refractivity contribution in [1.82, 2.24) is 10.3 Å². The van der Waals surface area contributed by atoms with Gasteiger partial charge in [0, 0.05) is 12.7 Å². The Labute approximate surface area is 109 Å². The summed E-state index contributed by atoms with van der Waals surface area (Å²) in [6.45, 7) is 1.91. The van der Waals surface area contributed by atoms with Crippen molar-refractivity contribution in [3.05, 3.63) is 29.6 Å². The number of nitrogens with one attached hydrogen (secondary N) is 1. The van der Waals surface area contributed by atoms with Gasteiger partial charge in [-0.3, -0.25) is 0 Å². The van der Waals surface area contributed by atoms with E-state index in [2.05, 4.69) is 16.4 Å². The molecule has 1 saturated carbocycles. The Bertz CT molecular complexity index is 402. The summed E-state index contributed by atoms with van der Waals surface area (Å²) in [5.74, 6) is 0.984. The average molecular weight is 243 g/mol. The zero-order valence-electron chi connectivity index (χ0n) is 10.9. The number of aromatic nitrogens is 1. The normalized spacial score (nSPS) is 15.7. The lowest BCUT2D eigenvalue weighted by Crippen LogP contribution is -2.15.